The van der Waals surface area contributed by atoms with Gasteiger partial charge < -0.3 is 14.9 Å². The van der Waals surface area contributed by atoms with Gasteiger partial charge in [-0.15, -0.1) is 0 Å². The van der Waals surface area contributed by atoms with E-state index in [2.05, 4.69) is 5.32 Å². The third kappa shape index (κ3) is 4.27. The van der Waals surface area contributed by atoms with E-state index in [1.807, 2.05) is 0 Å². The molecule has 144 valence electrons. The Balaban J connectivity index is 1.52. The maximum Gasteiger partial charge on any atom is 0.408 e. The number of fused-ring (bicyclic) bond motifs is 1. The predicted octanol–water partition coefficient (Wildman–Crippen LogP) is 2.58. The monoisotopic (exact) mass is 374 g/mol. The number of carbonyl (C=O) groups is 4. The van der Waals surface area contributed by atoms with E-state index in [0.29, 0.717) is 11.5 Å². The molecule has 1 saturated carbocycles. The quantitative estimate of drug-likeness (QED) is 0.795. The van der Waals surface area contributed by atoms with Gasteiger partial charge in [0.1, 0.15) is 5.60 Å². The van der Waals surface area contributed by atoms with E-state index in [0.717, 1.165) is 12.8 Å². The highest BCUT2D eigenvalue weighted by Gasteiger charge is 2.45. The Hall–Kier alpha value is -2.90. The van der Waals surface area contributed by atoms with Gasteiger partial charge in [0.25, 0.3) is 11.8 Å². The molecule has 3 rings (SSSR count). The molecule has 0 aromatic heterocycles. The maximum atomic E-state index is 12.2. The molecule has 8 nitrogen and oxygen atoms in total. The fourth-order valence-corrected chi connectivity index (χ4v) is 2.85. The van der Waals surface area contributed by atoms with E-state index >= 15 is 0 Å². The van der Waals surface area contributed by atoms with Crippen LogP contribution in [-0.2, 0) is 14.4 Å². The average Bonchev–Trinajstić information content (AvgIpc) is 3.29. The molecule has 1 heterocycles. The van der Waals surface area contributed by atoms with Crippen LogP contribution in [0.5, 0.6) is 0 Å². The summed E-state index contributed by atoms with van der Waals surface area (Å²) in [6.45, 7) is 5.31. The predicted molar refractivity (Wildman–Crippen MR) is 93.6 cm³/mol. The molecule has 1 N–H and O–H groups in total. The lowest BCUT2D eigenvalue weighted by molar-refractivity contribution is -0.168. The summed E-state index contributed by atoms with van der Waals surface area (Å²) in [4.78, 5) is 53.4. The molecule has 0 radical (unpaired) electrons. The van der Waals surface area contributed by atoms with Crippen molar-refractivity contribution < 1.29 is 28.8 Å². The number of amides is 3. The van der Waals surface area contributed by atoms with Gasteiger partial charge in [-0.3, -0.25) is 9.59 Å². The van der Waals surface area contributed by atoms with E-state index in [1.165, 1.54) is 12.1 Å². The van der Waals surface area contributed by atoms with Crippen LogP contribution < -0.4 is 5.32 Å². The van der Waals surface area contributed by atoms with Crippen molar-refractivity contribution in [1.29, 1.82) is 0 Å². The number of hydrogen-bond acceptors (Lipinski definition) is 6. The van der Waals surface area contributed by atoms with Crippen LogP contribution >= 0.6 is 0 Å². The second kappa shape index (κ2) is 6.68. The number of hydroxylamine groups is 2. The summed E-state index contributed by atoms with van der Waals surface area (Å²) in [5.41, 5.74) is -0.686. The van der Waals surface area contributed by atoms with Crippen molar-refractivity contribution in [3.63, 3.8) is 0 Å². The van der Waals surface area contributed by atoms with Gasteiger partial charge in [-0.2, -0.15) is 0 Å². The first-order valence-electron chi connectivity index (χ1n) is 8.80. The van der Waals surface area contributed by atoms with Crippen molar-refractivity contribution in [2.45, 2.75) is 57.6 Å². The van der Waals surface area contributed by atoms with Gasteiger partial charge in [-0.1, -0.05) is 17.2 Å². The molecule has 1 aliphatic carbocycles. The van der Waals surface area contributed by atoms with Crippen molar-refractivity contribution in [2.24, 2.45) is 0 Å². The minimum Gasteiger partial charge on any atom is -0.444 e. The molecular formula is C19H22N2O6. The van der Waals surface area contributed by atoms with Crippen LogP contribution in [0.25, 0.3) is 0 Å². The lowest BCUT2D eigenvalue weighted by atomic mass is 10.1. The number of nitrogens with one attached hydrogen (secondary N) is 1. The average molecular weight is 374 g/mol. The number of ether oxygens (including phenoxy) is 1. The molecule has 3 amide bonds. The molecule has 0 saturated heterocycles. The smallest absolute Gasteiger partial charge is 0.408 e. The van der Waals surface area contributed by atoms with Gasteiger partial charge in [-0.05, 0) is 52.2 Å². The number of hydrogen-bond donors (Lipinski definition) is 1. The molecule has 1 fully saturated rings. The topological polar surface area (TPSA) is 102 Å². The summed E-state index contributed by atoms with van der Waals surface area (Å²) in [5, 5.41) is 3.28. The summed E-state index contributed by atoms with van der Waals surface area (Å²) in [7, 11) is 0. The molecule has 0 atom stereocenters. The highest BCUT2D eigenvalue weighted by molar-refractivity contribution is 6.20. The van der Waals surface area contributed by atoms with Gasteiger partial charge in [0.2, 0.25) is 0 Å². The van der Waals surface area contributed by atoms with Crippen molar-refractivity contribution in [2.75, 3.05) is 0 Å². The SMILES string of the molecule is CC(C)(C)OC(=O)NC1(CCC(=O)ON2C(=O)c3ccccc3C2=O)CC1. The number of alkyl carbamates (subject to hydrolysis) is 1. The van der Waals surface area contributed by atoms with Crippen LogP contribution in [0.2, 0.25) is 0 Å². The van der Waals surface area contributed by atoms with Gasteiger partial charge in [0.05, 0.1) is 17.5 Å². The van der Waals surface area contributed by atoms with E-state index in [-0.39, 0.29) is 17.5 Å². The lowest BCUT2D eigenvalue weighted by Gasteiger charge is -2.23. The van der Waals surface area contributed by atoms with Crippen LogP contribution in [0.4, 0.5) is 4.79 Å². The van der Waals surface area contributed by atoms with E-state index in [4.69, 9.17) is 9.57 Å². The number of rotatable bonds is 5. The van der Waals surface area contributed by atoms with Gasteiger partial charge in [0, 0.05) is 5.54 Å². The first-order valence-corrected chi connectivity index (χ1v) is 8.80. The van der Waals surface area contributed by atoms with Crippen molar-refractivity contribution >= 4 is 23.9 Å². The standard InChI is InChI=1S/C19H22N2O6/c1-18(2,3)26-17(25)20-19(10-11-19)9-8-14(22)27-21-15(23)12-6-4-5-7-13(12)16(21)24/h4-7H,8-11H2,1-3H3,(H,20,25). The minimum absolute atomic E-state index is 0.0385. The summed E-state index contributed by atoms with van der Waals surface area (Å²) in [6, 6.07) is 6.28. The van der Waals surface area contributed by atoms with Crippen LogP contribution in [0.15, 0.2) is 24.3 Å². The van der Waals surface area contributed by atoms with Crippen LogP contribution in [0.1, 0.15) is 67.2 Å². The van der Waals surface area contributed by atoms with E-state index in [1.54, 1.807) is 32.9 Å². The molecule has 1 aromatic rings. The third-order valence-corrected chi connectivity index (χ3v) is 4.38. The zero-order chi connectivity index (χ0) is 19.8. The number of nitrogens with zero attached hydrogens (tertiary/aromatic N) is 1. The number of carbonyl (C=O) groups excluding carboxylic acids is 4. The van der Waals surface area contributed by atoms with E-state index < -0.39 is 35.0 Å². The van der Waals surface area contributed by atoms with Gasteiger partial charge in [0.15, 0.2) is 0 Å². The molecule has 0 bridgehead atoms. The summed E-state index contributed by atoms with van der Waals surface area (Å²) < 4.78 is 5.23. The van der Waals surface area contributed by atoms with Crippen LogP contribution in [0.3, 0.4) is 0 Å². The Morgan fingerprint density at radius 2 is 1.67 bits per heavy atom. The molecule has 27 heavy (non-hydrogen) atoms. The fraction of sp³-hybridized carbons (Fsp3) is 0.474. The Kier molecular flexibility index (Phi) is 4.67. The molecule has 8 heteroatoms. The minimum atomic E-state index is -0.707. The van der Waals surface area contributed by atoms with Crippen molar-refractivity contribution in [3.8, 4) is 0 Å². The second-order valence-electron chi connectivity index (χ2n) is 7.82. The molecule has 0 unspecified atom stereocenters. The number of imide groups is 1. The first-order chi connectivity index (χ1) is 12.6. The summed E-state index contributed by atoms with van der Waals surface area (Å²) in [5.74, 6) is -2.02. The Morgan fingerprint density at radius 1 is 1.11 bits per heavy atom. The van der Waals surface area contributed by atoms with Crippen LogP contribution in [-0.4, -0.2) is 40.1 Å². The molecule has 1 aromatic carbocycles. The largest absolute Gasteiger partial charge is 0.444 e. The summed E-state index contributed by atoms with van der Waals surface area (Å²) >= 11 is 0. The zero-order valence-electron chi connectivity index (χ0n) is 15.5. The van der Waals surface area contributed by atoms with Gasteiger partial charge >= 0.3 is 12.1 Å². The molecule has 2 aliphatic rings. The Bertz CT molecular complexity index is 772. The highest BCUT2D eigenvalue weighted by Crippen LogP contribution is 2.40. The highest BCUT2D eigenvalue weighted by atomic mass is 16.7. The van der Waals surface area contributed by atoms with Gasteiger partial charge in [-0.25, -0.2) is 9.59 Å². The number of benzene rings is 1. The summed E-state index contributed by atoms with van der Waals surface area (Å²) in [6.07, 6.45) is 1.23. The first kappa shape index (κ1) is 18.9. The third-order valence-electron chi connectivity index (χ3n) is 4.38. The normalized spacial score (nSPS) is 17.4. The maximum absolute atomic E-state index is 12.2. The molecular weight excluding hydrogens is 352 g/mol. The fourth-order valence-electron chi connectivity index (χ4n) is 2.85. The zero-order valence-corrected chi connectivity index (χ0v) is 15.5. The lowest BCUT2D eigenvalue weighted by Crippen LogP contribution is -2.41. The van der Waals surface area contributed by atoms with Crippen LogP contribution in [0, 0.1) is 0 Å². The van der Waals surface area contributed by atoms with Crippen molar-refractivity contribution in [3.05, 3.63) is 35.4 Å². The molecule has 0 spiro atoms. The Labute approximate surface area is 156 Å². The molecule has 1 aliphatic heterocycles. The second-order valence-corrected chi connectivity index (χ2v) is 7.82. The Morgan fingerprint density at radius 3 is 2.15 bits per heavy atom. The van der Waals surface area contributed by atoms with Crippen molar-refractivity contribution in [1.82, 2.24) is 10.4 Å². The van der Waals surface area contributed by atoms with E-state index in [9.17, 15) is 19.2 Å².